The smallest absolute Gasteiger partial charge is 0.163 e. The van der Waals surface area contributed by atoms with E-state index < -0.39 is 23.8 Å². The lowest BCUT2D eigenvalue weighted by atomic mass is 9.91. The molecule has 0 amide bonds. The lowest BCUT2D eigenvalue weighted by Gasteiger charge is -2.23. The Morgan fingerprint density at radius 2 is 1.93 bits per heavy atom. The van der Waals surface area contributed by atoms with Gasteiger partial charge in [0.25, 0.3) is 0 Å². The molecule has 3 heterocycles. The van der Waals surface area contributed by atoms with Gasteiger partial charge in [-0.25, -0.2) is 23.7 Å². The molecule has 3 atom stereocenters. The minimum atomic E-state index is -0.906. The molecular weight excluding hydrogens is 354 g/mol. The summed E-state index contributed by atoms with van der Waals surface area (Å²) >= 11 is 0. The number of fused-ring (bicyclic) bond motifs is 1. The lowest BCUT2D eigenvalue weighted by Crippen LogP contribution is -2.33. The number of rotatable bonds is 3. The Bertz CT molecular complexity index is 962. The Morgan fingerprint density at radius 3 is 2.78 bits per heavy atom. The van der Waals surface area contributed by atoms with Crippen molar-refractivity contribution in [3.63, 3.8) is 0 Å². The van der Waals surface area contributed by atoms with Crippen LogP contribution in [0.3, 0.4) is 0 Å². The van der Waals surface area contributed by atoms with E-state index in [0.717, 1.165) is 25.2 Å². The summed E-state index contributed by atoms with van der Waals surface area (Å²) in [6, 6.07) is 1.33. The van der Waals surface area contributed by atoms with Crippen LogP contribution in [-0.4, -0.2) is 42.4 Å². The van der Waals surface area contributed by atoms with Crippen molar-refractivity contribution in [3.8, 4) is 11.4 Å². The first kappa shape index (κ1) is 17.9. The van der Waals surface area contributed by atoms with Gasteiger partial charge in [-0.05, 0) is 31.2 Å². The van der Waals surface area contributed by atoms with Crippen molar-refractivity contribution in [1.29, 1.82) is 0 Å². The zero-order valence-electron chi connectivity index (χ0n) is 14.6. The second kappa shape index (κ2) is 7.28. The zero-order valence-corrected chi connectivity index (χ0v) is 14.6. The molecule has 0 unspecified atom stereocenters. The van der Waals surface area contributed by atoms with Crippen LogP contribution in [0.5, 0.6) is 0 Å². The predicted molar refractivity (Wildman–Crippen MR) is 94.7 cm³/mol. The topological polar surface area (TPSA) is 94.9 Å². The van der Waals surface area contributed by atoms with Crippen LogP contribution in [0, 0.1) is 17.6 Å². The van der Waals surface area contributed by atoms with E-state index in [9.17, 15) is 19.0 Å². The number of hydrogen-bond acceptors (Lipinski definition) is 5. The predicted octanol–water partition coefficient (Wildman–Crippen LogP) is 2.75. The molecule has 4 rings (SSSR count). The van der Waals surface area contributed by atoms with E-state index in [-0.39, 0.29) is 23.9 Å². The molecule has 27 heavy (non-hydrogen) atoms. The number of aliphatic hydroxyl groups excluding tert-OH is 2. The summed E-state index contributed by atoms with van der Waals surface area (Å²) in [4.78, 5) is 15.3. The van der Waals surface area contributed by atoms with Gasteiger partial charge in [0.15, 0.2) is 11.6 Å². The molecule has 1 saturated carbocycles. The molecule has 6 nitrogen and oxygen atoms in total. The second-order valence-electron chi connectivity index (χ2n) is 7.05. The highest BCUT2D eigenvalue weighted by atomic mass is 19.1. The van der Waals surface area contributed by atoms with Crippen molar-refractivity contribution in [2.75, 3.05) is 0 Å². The van der Waals surface area contributed by atoms with Gasteiger partial charge in [-0.1, -0.05) is 12.8 Å². The summed E-state index contributed by atoms with van der Waals surface area (Å²) in [5.74, 6) is -1.06. The van der Waals surface area contributed by atoms with Crippen molar-refractivity contribution in [3.05, 3.63) is 42.0 Å². The highest BCUT2D eigenvalue weighted by molar-refractivity contribution is 5.91. The number of H-pyrrole nitrogens is 1. The van der Waals surface area contributed by atoms with Crippen molar-refractivity contribution in [2.45, 2.75) is 44.3 Å². The Balaban J connectivity index is 1.68. The number of aromatic amines is 1. The SMILES string of the molecule is O[C@@H]1[C@@H](Cc2nc(-c3c[nH]c4ncc(F)cc34)ncc2F)CCCC[C@H]1O. The third kappa shape index (κ3) is 3.54. The standard InChI is InChI=1S/C19H20F2N4O2/c20-11-6-12-13(8-23-18(12)22-7-11)19-24-9-14(21)15(25-19)5-10-3-1-2-4-16(26)17(10)27/h6-10,16-17,26-27H,1-5H2,(H,22,23)/t10-,16-,17-/m1/s1. The molecule has 0 radical (unpaired) electrons. The number of nitrogens with zero attached hydrogens (tertiary/aromatic N) is 3. The number of nitrogens with one attached hydrogen (secondary N) is 1. The molecule has 0 saturated heterocycles. The van der Waals surface area contributed by atoms with Crippen molar-refractivity contribution in [2.24, 2.45) is 5.92 Å². The fourth-order valence-electron chi connectivity index (χ4n) is 3.73. The lowest BCUT2D eigenvalue weighted by molar-refractivity contribution is -0.0150. The maximum Gasteiger partial charge on any atom is 0.163 e. The summed E-state index contributed by atoms with van der Waals surface area (Å²) in [6.07, 6.45) is 5.24. The molecule has 8 heteroatoms. The van der Waals surface area contributed by atoms with Crippen LogP contribution in [0.2, 0.25) is 0 Å². The molecule has 3 N–H and O–H groups in total. The fraction of sp³-hybridized carbons (Fsp3) is 0.421. The normalized spacial score (nSPS) is 23.5. The quantitative estimate of drug-likeness (QED) is 0.613. The molecule has 1 aliphatic rings. The van der Waals surface area contributed by atoms with Gasteiger partial charge >= 0.3 is 0 Å². The summed E-state index contributed by atoms with van der Waals surface area (Å²) in [6.45, 7) is 0. The maximum atomic E-state index is 14.3. The third-order valence-electron chi connectivity index (χ3n) is 5.21. The third-order valence-corrected chi connectivity index (χ3v) is 5.21. The van der Waals surface area contributed by atoms with Gasteiger partial charge in [0.05, 0.1) is 30.3 Å². The van der Waals surface area contributed by atoms with E-state index in [2.05, 4.69) is 19.9 Å². The number of halogens is 2. The van der Waals surface area contributed by atoms with Gasteiger partial charge in [-0.3, -0.25) is 0 Å². The molecule has 0 bridgehead atoms. The van der Waals surface area contributed by atoms with Crippen LogP contribution in [0.15, 0.2) is 24.7 Å². The first-order valence-electron chi connectivity index (χ1n) is 9.03. The van der Waals surface area contributed by atoms with Crippen molar-refractivity contribution in [1.82, 2.24) is 19.9 Å². The van der Waals surface area contributed by atoms with Crippen LogP contribution in [0.25, 0.3) is 22.4 Å². The van der Waals surface area contributed by atoms with E-state index in [1.807, 2.05) is 0 Å². The highest BCUT2D eigenvalue weighted by Gasteiger charge is 2.30. The summed E-state index contributed by atoms with van der Waals surface area (Å²) < 4.78 is 27.9. The Kier molecular flexibility index (Phi) is 4.84. The molecule has 0 aromatic carbocycles. The van der Waals surface area contributed by atoms with E-state index in [0.29, 0.717) is 29.4 Å². The Hall–Kier alpha value is -2.45. The van der Waals surface area contributed by atoms with E-state index in [4.69, 9.17) is 0 Å². The number of hydrogen-bond donors (Lipinski definition) is 3. The molecule has 0 aliphatic heterocycles. The van der Waals surface area contributed by atoms with Gasteiger partial charge in [0.2, 0.25) is 0 Å². The van der Waals surface area contributed by atoms with E-state index in [1.165, 1.54) is 6.07 Å². The molecule has 1 fully saturated rings. The fourth-order valence-corrected chi connectivity index (χ4v) is 3.73. The van der Waals surface area contributed by atoms with Gasteiger partial charge in [-0.15, -0.1) is 0 Å². The largest absolute Gasteiger partial charge is 0.390 e. The average molecular weight is 374 g/mol. The van der Waals surface area contributed by atoms with Crippen LogP contribution in [0.4, 0.5) is 8.78 Å². The number of pyridine rings is 1. The first-order valence-corrected chi connectivity index (χ1v) is 9.03. The van der Waals surface area contributed by atoms with Crippen molar-refractivity contribution < 1.29 is 19.0 Å². The maximum absolute atomic E-state index is 14.3. The van der Waals surface area contributed by atoms with Crippen LogP contribution in [0.1, 0.15) is 31.4 Å². The monoisotopic (exact) mass is 374 g/mol. The van der Waals surface area contributed by atoms with Crippen molar-refractivity contribution >= 4 is 11.0 Å². The number of aromatic nitrogens is 4. The minimum absolute atomic E-state index is 0.178. The highest BCUT2D eigenvalue weighted by Crippen LogP contribution is 2.29. The molecule has 1 aliphatic carbocycles. The van der Waals surface area contributed by atoms with Gasteiger partial charge in [0, 0.05) is 17.1 Å². The van der Waals surface area contributed by atoms with Crippen LogP contribution >= 0.6 is 0 Å². The molecule has 142 valence electrons. The average Bonchev–Trinajstić information content (AvgIpc) is 3.00. The van der Waals surface area contributed by atoms with E-state index in [1.54, 1.807) is 6.20 Å². The number of aliphatic hydroxyl groups is 2. The Labute approximate surface area is 154 Å². The minimum Gasteiger partial charge on any atom is -0.390 e. The van der Waals surface area contributed by atoms with Crippen LogP contribution < -0.4 is 0 Å². The Morgan fingerprint density at radius 1 is 1.11 bits per heavy atom. The van der Waals surface area contributed by atoms with Gasteiger partial charge in [-0.2, -0.15) is 0 Å². The molecule has 0 spiro atoms. The van der Waals surface area contributed by atoms with Gasteiger partial charge in [0.1, 0.15) is 11.5 Å². The molecular formula is C19H20F2N4O2. The van der Waals surface area contributed by atoms with Gasteiger partial charge < -0.3 is 15.2 Å². The zero-order chi connectivity index (χ0) is 19.0. The van der Waals surface area contributed by atoms with Crippen LogP contribution in [-0.2, 0) is 6.42 Å². The summed E-state index contributed by atoms with van der Waals surface area (Å²) in [5, 5.41) is 20.8. The molecule has 3 aromatic rings. The summed E-state index contributed by atoms with van der Waals surface area (Å²) in [7, 11) is 0. The molecule has 3 aromatic heterocycles. The second-order valence-corrected chi connectivity index (χ2v) is 7.05. The summed E-state index contributed by atoms with van der Waals surface area (Å²) in [5.41, 5.74) is 1.19. The first-order chi connectivity index (χ1) is 13.0. The van der Waals surface area contributed by atoms with E-state index >= 15 is 0 Å².